The van der Waals surface area contributed by atoms with E-state index < -0.39 is 78.9 Å². The maximum Gasteiger partial charge on any atom is 0.363 e. The second-order valence-corrected chi connectivity index (χ2v) is 18.8. The molecule has 254 valence electrons. The molecule has 6 atom stereocenters. The van der Waals surface area contributed by atoms with Crippen molar-refractivity contribution in [3.05, 3.63) is 48.0 Å². The topological polar surface area (TPSA) is 221 Å². The number of nitrogens with two attached hydrogens (primary N) is 1. The number of nitrogens with one attached hydrogen (secondary N) is 1. The number of imidazole rings is 1. The van der Waals surface area contributed by atoms with Crippen LogP contribution in [0.3, 0.4) is 0 Å². The van der Waals surface area contributed by atoms with Crippen molar-refractivity contribution < 1.29 is 50.7 Å². The van der Waals surface area contributed by atoms with Crippen LogP contribution in [0.25, 0.3) is 11.2 Å². The minimum absolute atomic E-state index is 0.100. The molecule has 1 aromatic carbocycles. The highest BCUT2D eigenvalue weighted by Crippen LogP contribution is 2.53. The van der Waals surface area contributed by atoms with Gasteiger partial charge in [0, 0.05) is 5.56 Å². The molecule has 2 aliphatic rings. The van der Waals surface area contributed by atoms with Crippen molar-refractivity contribution in [2.75, 3.05) is 12.3 Å². The molecule has 2 aromatic heterocycles. The third-order valence-corrected chi connectivity index (χ3v) is 14.0. The number of carbonyl (C=O) groups excluding carboxylic acids is 1. The van der Waals surface area contributed by atoms with E-state index in [1.807, 2.05) is 33.9 Å². The number of halogens is 2. The second-order valence-electron chi connectivity index (χ2n) is 12.7. The number of aliphatic hydroxyl groups excluding tert-OH is 2. The zero-order valence-corrected chi connectivity index (χ0v) is 27.7. The van der Waals surface area contributed by atoms with E-state index in [1.54, 1.807) is 11.8 Å². The highest BCUT2D eigenvalue weighted by molar-refractivity contribution is 7.85. The Morgan fingerprint density at radius 1 is 1.21 bits per heavy atom. The number of nitrogens with zero attached hydrogens (tertiary/aromatic N) is 4. The summed E-state index contributed by atoms with van der Waals surface area (Å²) in [5, 5.41) is 31.7. The van der Waals surface area contributed by atoms with Crippen molar-refractivity contribution in [3.8, 4) is 11.8 Å². The van der Waals surface area contributed by atoms with Gasteiger partial charge in [-0.2, -0.15) is 17.2 Å². The Kier molecular flexibility index (Phi) is 8.73. The largest absolute Gasteiger partial charge is 0.407 e. The predicted octanol–water partition coefficient (Wildman–Crippen LogP) is 1.01. The molecule has 1 amide bonds. The monoisotopic (exact) mass is 696 g/mol. The Labute approximate surface area is 269 Å². The van der Waals surface area contributed by atoms with Crippen LogP contribution in [0.4, 0.5) is 14.6 Å². The van der Waals surface area contributed by atoms with Crippen molar-refractivity contribution in [3.63, 3.8) is 0 Å². The highest BCUT2D eigenvalue weighted by Gasteiger charge is 2.65. The van der Waals surface area contributed by atoms with Crippen molar-refractivity contribution in [2.45, 2.75) is 81.1 Å². The maximum absolute atomic E-state index is 14.8. The summed E-state index contributed by atoms with van der Waals surface area (Å²) in [6.07, 6.45) is -4.70. The van der Waals surface area contributed by atoms with Crippen LogP contribution in [0.1, 0.15) is 44.2 Å². The number of nitrogen functional groups attached to an aromatic ring is 1. The summed E-state index contributed by atoms with van der Waals surface area (Å²) in [6, 6.07) is 4.95. The van der Waals surface area contributed by atoms with E-state index in [0.717, 1.165) is 12.1 Å². The quantitative estimate of drug-likeness (QED) is 0.172. The van der Waals surface area contributed by atoms with Crippen LogP contribution in [0, 0.1) is 11.8 Å². The van der Waals surface area contributed by atoms with Crippen LogP contribution in [0.15, 0.2) is 36.9 Å². The zero-order valence-electron chi connectivity index (χ0n) is 25.9. The fourth-order valence-electron chi connectivity index (χ4n) is 5.04. The fourth-order valence-corrected chi connectivity index (χ4v) is 6.98. The zero-order chi connectivity index (χ0) is 34.7. The number of benzene rings is 1. The Bertz CT molecular complexity index is 1880. The molecule has 0 radical (unpaired) electrons. The van der Waals surface area contributed by atoms with E-state index in [1.165, 1.54) is 34.1 Å². The molecule has 0 saturated carbocycles. The number of ether oxygens (including phenoxy) is 1. The molecule has 1 aliphatic heterocycles. The summed E-state index contributed by atoms with van der Waals surface area (Å²) in [5.74, 6) is -2.39. The van der Waals surface area contributed by atoms with Gasteiger partial charge in [0.1, 0.15) is 36.3 Å². The van der Waals surface area contributed by atoms with E-state index >= 15 is 0 Å². The van der Waals surface area contributed by atoms with Crippen LogP contribution < -0.4 is 10.5 Å². The van der Waals surface area contributed by atoms with Gasteiger partial charge in [0.2, 0.25) is 5.60 Å². The lowest BCUT2D eigenvalue weighted by Crippen LogP contribution is -2.49. The molecule has 5 rings (SSSR count). The number of carbonyl (C=O) groups is 1. The number of hydrogen-bond acceptors (Lipinski definition) is 13. The maximum atomic E-state index is 14.8. The van der Waals surface area contributed by atoms with Crippen LogP contribution in [0.5, 0.6) is 0 Å². The van der Waals surface area contributed by atoms with E-state index in [2.05, 4.69) is 15.0 Å². The van der Waals surface area contributed by atoms with Gasteiger partial charge in [0.05, 0.1) is 12.9 Å². The standard InChI is InChI=1S/C28H34F2N6O9SSi/c1-26(2,3)47(4,5)45-21-20(38)17(44-25(21)36-14-34-19-23(31)32-13-33-24(19)36)12-43-46(41,42)35-18(37)10-11-27(40)16-9-7-6-8-15(16)22(39)28(27,29)30/h6-9,13-14,17,20-22,25,38-40H,12H2,1-5H3,(H,35,37)(H2,31,32,33)/t17-,20-,21-,22-,25-,27+/m1/s1. The number of aromatic nitrogens is 4. The minimum atomic E-state index is -4.94. The molecule has 6 N–H and O–H groups in total. The molecule has 1 aliphatic carbocycles. The van der Waals surface area contributed by atoms with Gasteiger partial charge < -0.3 is 30.2 Å². The van der Waals surface area contributed by atoms with Gasteiger partial charge in [0.25, 0.3) is 0 Å². The summed E-state index contributed by atoms with van der Waals surface area (Å²) in [4.78, 5) is 24.7. The first-order valence-electron chi connectivity index (χ1n) is 14.3. The number of hydrogen-bond donors (Lipinski definition) is 5. The van der Waals surface area contributed by atoms with Crippen LogP contribution in [0.2, 0.25) is 18.1 Å². The van der Waals surface area contributed by atoms with Gasteiger partial charge in [0.15, 0.2) is 26.0 Å². The average molecular weight is 697 g/mol. The molecule has 47 heavy (non-hydrogen) atoms. The Balaban J connectivity index is 1.33. The Morgan fingerprint density at radius 3 is 2.57 bits per heavy atom. The van der Waals surface area contributed by atoms with Gasteiger partial charge in [-0.1, -0.05) is 45.0 Å². The van der Waals surface area contributed by atoms with E-state index in [0.29, 0.717) is 0 Å². The third-order valence-electron chi connectivity index (χ3n) is 8.64. The average Bonchev–Trinajstić information content (AvgIpc) is 3.58. The van der Waals surface area contributed by atoms with Gasteiger partial charge in [-0.15, -0.1) is 0 Å². The number of aliphatic hydroxyl groups is 3. The first kappa shape index (κ1) is 34.7. The van der Waals surface area contributed by atoms with Crippen molar-refractivity contribution in [2.24, 2.45) is 0 Å². The van der Waals surface area contributed by atoms with Gasteiger partial charge in [-0.3, -0.25) is 13.5 Å². The van der Waals surface area contributed by atoms with Crippen LogP contribution >= 0.6 is 0 Å². The van der Waals surface area contributed by atoms with Crippen LogP contribution in [-0.2, 0) is 34.0 Å². The number of fused-ring (bicyclic) bond motifs is 2. The summed E-state index contributed by atoms with van der Waals surface area (Å²) < 4.78 is 75.2. The molecule has 0 unspecified atom stereocenters. The lowest BCUT2D eigenvalue weighted by atomic mass is 9.94. The lowest BCUT2D eigenvalue weighted by molar-refractivity contribution is -0.197. The van der Waals surface area contributed by atoms with E-state index in [9.17, 15) is 37.3 Å². The SMILES string of the molecule is CC(C)(C)[Si](C)(C)O[C@@H]1[C@H](O)[C@@H](COS(=O)(=O)NC(=O)C#C[C@]2(O)c3ccccc3[C@@H](O)C2(F)F)O[C@H]1n1cnc2c(N)ncnc21. The minimum Gasteiger partial charge on any atom is -0.407 e. The van der Waals surface area contributed by atoms with Gasteiger partial charge >= 0.3 is 22.1 Å². The molecule has 19 heteroatoms. The first-order valence-corrected chi connectivity index (χ1v) is 18.6. The molecule has 1 saturated heterocycles. The van der Waals surface area contributed by atoms with Crippen molar-refractivity contribution >= 4 is 41.5 Å². The number of rotatable bonds is 7. The predicted molar refractivity (Wildman–Crippen MR) is 163 cm³/mol. The molecule has 15 nitrogen and oxygen atoms in total. The highest BCUT2D eigenvalue weighted by atomic mass is 32.2. The van der Waals surface area contributed by atoms with Gasteiger partial charge in [-0.25, -0.2) is 19.7 Å². The van der Waals surface area contributed by atoms with Crippen molar-refractivity contribution in [1.82, 2.24) is 24.2 Å². The Morgan fingerprint density at radius 2 is 1.89 bits per heavy atom. The molecule has 3 aromatic rings. The molecule has 3 heterocycles. The van der Waals surface area contributed by atoms with Crippen molar-refractivity contribution in [1.29, 1.82) is 0 Å². The number of anilines is 1. The van der Waals surface area contributed by atoms with E-state index in [4.69, 9.17) is 19.1 Å². The first-order chi connectivity index (χ1) is 21.7. The normalized spacial score (nSPS) is 27.3. The molecular formula is C28H34F2N6O9SSi. The summed E-state index contributed by atoms with van der Waals surface area (Å²) >= 11 is 0. The molecule has 0 spiro atoms. The lowest BCUT2D eigenvalue weighted by Gasteiger charge is -2.40. The molecule has 1 fully saturated rings. The smallest absolute Gasteiger partial charge is 0.363 e. The van der Waals surface area contributed by atoms with Gasteiger partial charge in [-0.05, 0) is 35.5 Å². The number of alkyl halides is 2. The molecular weight excluding hydrogens is 662 g/mol. The number of amides is 1. The van der Waals surface area contributed by atoms with E-state index in [-0.39, 0.29) is 27.6 Å². The fraction of sp³-hybridized carbons (Fsp3) is 0.500. The second kappa shape index (κ2) is 11.8. The summed E-state index contributed by atoms with van der Waals surface area (Å²) in [6.45, 7) is 9.06. The third kappa shape index (κ3) is 6.11. The summed E-state index contributed by atoms with van der Waals surface area (Å²) in [5.41, 5.74) is 2.44. The molecule has 0 bridgehead atoms. The van der Waals surface area contributed by atoms with Crippen LogP contribution in [-0.4, -0.2) is 88.3 Å². The summed E-state index contributed by atoms with van der Waals surface area (Å²) in [7, 11) is -7.52. The Hall–Kier alpha value is -3.61.